The maximum Gasteiger partial charge on any atom is 0.222 e. The van der Waals surface area contributed by atoms with E-state index in [0.717, 1.165) is 31.7 Å². The summed E-state index contributed by atoms with van der Waals surface area (Å²) in [6, 6.07) is 1.99. The van der Waals surface area contributed by atoms with Gasteiger partial charge < -0.3 is 20.7 Å². The number of nitrogens with two attached hydrogens (primary N) is 1. The molecule has 7 nitrogen and oxygen atoms in total. The fraction of sp³-hybridized carbons (Fsp3) is 0.667. The number of rotatable bonds is 7. The predicted molar refractivity (Wildman–Crippen MR) is 85.5 cm³/mol. The lowest BCUT2D eigenvalue weighted by atomic mass is 9.98. The molecule has 1 aliphatic rings. The Kier molecular flexibility index (Phi) is 5.94. The van der Waals surface area contributed by atoms with Crippen LogP contribution in [0.25, 0.3) is 0 Å². The predicted octanol–water partition coefficient (Wildman–Crippen LogP) is 0.816. The van der Waals surface area contributed by atoms with Crippen molar-refractivity contribution in [3.8, 4) is 0 Å². The van der Waals surface area contributed by atoms with Gasteiger partial charge in [-0.2, -0.15) is 4.98 Å². The van der Waals surface area contributed by atoms with Gasteiger partial charge in [0.15, 0.2) is 0 Å². The van der Waals surface area contributed by atoms with Crippen LogP contribution in [0.2, 0.25) is 0 Å². The number of carbonyl (C=O) groups excluding carboxylic acids is 1. The summed E-state index contributed by atoms with van der Waals surface area (Å²) in [5.41, 5.74) is 5.66. The molecule has 2 heterocycles. The van der Waals surface area contributed by atoms with Gasteiger partial charge in [0, 0.05) is 32.8 Å². The van der Waals surface area contributed by atoms with Crippen molar-refractivity contribution >= 4 is 17.7 Å². The molecular weight excluding hydrogens is 282 g/mol. The Labute approximate surface area is 131 Å². The summed E-state index contributed by atoms with van der Waals surface area (Å²) in [7, 11) is 1.60. The number of methoxy groups -OCH3 is 1. The standard InChI is InChI=1S/C15H25N5O2/c1-3-4-11-9-20(13-5-7-17-15(16)19-13)10-12(11)18-14(21)6-8-22-2/h5,7,11-12H,3-4,6,8-10H2,1-2H3,(H,18,21)(H2,16,17,19)/t11-,12-/m1/s1. The summed E-state index contributed by atoms with van der Waals surface area (Å²) < 4.78 is 4.95. The van der Waals surface area contributed by atoms with Crippen LogP contribution >= 0.6 is 0 Å². The Bertz CT molecular complexity index is 497. The van der Waals surface area contributed by atoms with Gasteiger partial charge in [-0.15, -0.1) is 0 Å². The second kappa shape index (κ2) is 7.93. The maximum absolute atomic E-state index is 11.9. The second-order valence-corrected chi connectivity index (χ2v) is 5.64. The van der Waals surface area contributed by atoms with E-state index in [2.05, 4.69) is 27.1 Å². The number of aromatic nitrogens is 2. The van der Waals surface area contributed by atoms with Crippen molar-refractivity contribution in [1.29, 1.82) is 0 Å². The molecule has 0 aromatic carbocycles. The Morgan fingerprint density at radius 3 is 3.05 bits per heavy atom. The molecule has 3 N–H and O–H groups in total. The zero-order chi connectivity index (χ0) is 15.9. The molecule has 0 saturated carbocycles. The molecule has 122 valence electrons. The van der Waals surface area contributed by atoms with E-state index in [9.17, 15) is 4.79 Å². The topological polar surface area (TPSA) is 93.4 Å². The molecule has 1 aliphatic heterocycles. The molecule has 22 heavy (non-hydrogen) atoms. The zero-order valence-corrected chi connectivity index (χ0v) is 13.3. The van der Waals surface area contributed by atoms with Crippen LogP contribution in [0.1, 0.15) is 26.2 Å². The van der Waals surface area contributed by atoms with E-state index < -0.39 is 0 Å². The average molecular weight is 307 g/mol. The van der Waals surface area contributed by atoms with E-state index in [1.807, 2.05) is 6.07 Å². The smallest absolute Gasteiger partial charge is 0.222 e. The average Bonchev–Trinajstić information content (AvgIpc) is 2.88. The summed E-state index contributed by atoms with van der Waals surface area (Å²) in [5.74, 6) is 1.56. The van der Waals surface area contributed by atoms with Crippen LogP contribution in [0.4, 0.5) is 11.8 Å². The number of nitrogen functional groups attached to an aromatic ring is 1. The van der Waals surface area contributed by atoms with Crippen molar-refractivity contribution in [2.45, 2.75) is 32.2 Å². The molecule has 0 bridgehead atoms. The van der Waals surface area contributed by atoms with Crippen molar-refractivity contribution in [3.63, 3.8) is 0 Å². The number of nitrogens with one attached hydrogen (secondary N) is 1. The van der Waals surface area contributed by atoms with E-state index in [4.69, 9.17) is 10.5 Å². The largest absolute Gasteiger partial charge is 0.384 e. The SMILES string of the molecule is CCC[C@@H]1CN(c2ccnc(N)n2)C[C@H]1NC(=O)CCOC. The monoisotopic (exact) mass is 307 g/mol. The normalized spacial score (nSPS) is 21.1. The Balaban J connectivity index is 2.01. The van der Waals surface area contributed by atoms with Gasteiger partial charge >= 0.3 is 0 Å². The first-order chi connectivity index (χ1) is 10.6. The van der Waals surface area contributed by atoms with Gasteiger partial charge in [0.25, 0.3) is 0 Å². The molecule has 1 amide bonds. The summed E-state index contributed by atoms with van der Waals surface area (Å²) in [6.45, 7) is 4.23. The molecule has 2 atom stereocenters. The lowest BCUT2D eigenvalue weighted by molar-refractivity contribution is -0.122. The number of carbonyl (C=O) groups is 1. The molecule has 1 saturated heterocycles. The van der Waals surface area contributed by atoms with E-state index in [-0.39, 0.29) is 17.9 Å². The van der Waals surface area contributed by atoms with Crippen LogP contribution in [-0.4, -0.2) is 48.7 Å². The Hall–Kier alpha value is -1.89. The van der Waals surface area contributed by atoms with E-state index >= 15 is 0 Å². The van der Waals surface area contributed by atoms with Gasteiger partial charge in [-0.05, 0) is 18.4 Å². The minimum Gasteiger partial charge on any atom is -0.384 e. The van der Waals surface area contributed by atoms with Crippen molar-refractivity contribution in [3.05, 3.63) is 12.3 Å². The lowest BCUT2D eigenvalue weighted by Gasteiger charge is -2.19. The van der Waals surface area contributed by atoms with Gasteiger partial charge in [0.2, 0.25) is 11.9 Å². The fourth-order valence-electron chi connectivity index (χ4n) is 2.90. The highest BCUT2D eigenvalue weighted by atomic mass is 16.5. The lowest BCUT2D eigenvalue weighted by Crippen LogP contribution is -2.41. The highest BCUT2D eigenvalue weighted by molar-refractivity contribution is 5.76. The molecule has 7 heteroatoms. The number of nitrogens with zero attached hydrogens (tertiary/aromatic N) is 3. The maximum atomic E-state index is 11.9. The Morgan fingerprint density at radius 2 is 2.36 bits per heavy atom. The van der Waals surface area contributed by atoms with Crippen LogP contribution in [0.3, 0.4) is 0 Å². The first-order valence-corrected chi connectivity index (χ1v) is 7.75. The number of anilines is 2. The van der Waals surface area contributed by atoms with Crippen molar-refractivity contribution in [2.24, 2.45) is 5.92 Å². The van der Waals surface area contributed by atoms with Crippen LogP contribution in [0.5, 0.6) is 0 Å². The minimum absolute atomic E-state index is 0.0389. The van der Waals surface area contributed by atoms with Gasteiger partial charge in [0.05, 0.1) is 12.6 Å². The van der Waals surface area contributed by atoms with Crippen LogP contribution in [0, 0.1) is 5.92 Å². The van der Waals surface area contributed by atoms with Crippen LogP contribution in [0.15, 0.2) is 12.3 Å². The quantitative estimate of drug-likeness (QED) is 0.774. The molecule has 0 unspecified atom stereocenters. The fourth-order valence-corrected chi connectivity index (χ4v) is 2.90. The summed E-state index contributed by atoms with van der Waals surface area (Å²) >= 11 is 0. The highest BCUT2D eigenvalue weighted by Gasteiger charge is 2.33. The molecule has 2 rings (SSSR count). The van der Waals surface area contributed by atoms with E-state index in [1.165, 1.54) is 0 Å². The van der Waals surface area contributed by atoms with Crippen molar-refractivity contribution < 1.29 is 9.53 Å². The summed E-state index contributed by atoms with van der Waals surface area (Å²) in [6.07, 6.45) is 4.23. The van der Waals surface area contributed by atoms with E-state index in [1.54, 1.807) is 13.3 Å². The molecule has 0 aliphatic carbocycles. The number of hydrogen-bond acceptors (Lipinski definition) is 6. The first-order valence-electron chi connectivity index (χ1n) is 7.75. The molecule has 1 aromatic rings. The molecule has 1 fully saturated rings. The number of amides is 1. The van der Waals surface area contributed by atoms with Gasteiger partial charge in [0.1, 0.15) is 5.82 Å². The second-order valence-electron chi connectivity index (χ2n) is 5.64. The third-order valence-corrected chi connectivity index (χ3v) is 3.96. The van der Waals surface area contributed by atoms with E-state index in [0.29, 0.717) is 18.9 Å². The first kappa shape index (κ1) is 16.5. The number of ether oxygens (including phenoxy) is 1. The van der Waals surface area contributed by atoms with Crippen molar-refractivity contribution in [2.75, 3.05) is 37.4 Å². The number of hydrogen-bond donors (Lipinski definition) is 2. The van der Waals surface area contributed by atoms with Crippen molar-refractivity contribution in [1.82, 2.24) is 15.3 Å². The van der Waals surface area contributed by atoms with Crippen LogP contribution in [-0.2, 0) is 9.53 Å². The molecule has 0 spiro atoms. The molecular formula is C15H25N5O2. The van der Waals surface area contributed by atoms with Gasteiger partial charge in [-0.1, -0.05) is 13.3 Å². The van der Waals surface area contributed by atoms with Gasteiger partial charge in [-0.3, -0.25) is 4.79 Å². The third-order valence-electron chi connectivity index (χ3n) is 3.96. The molecule has 1 aromatic heterocycles. The Morgan fingerprint density at radius 1 is 1.55 bits per heavy atom. The van der Waals surface area contributed by atoms with Crippen LogP contribution < -0.4 is 16.0 Å². The summed E-state index contributed by atoms with van der Waals surface area (Å²) in [4.78, 5) is 22.3. The third kappa shape index (κ3) is 4.30. The van der Waals surface area contributed by atoms with Gasteiger partial charge in [-0.25, -0.2) is 4.98 Å². The minimum atomic E-state index is 0.0389. The summed E-state index contributed by atoms with van der Waals surface area (Å²) in [5, 5.41) is 3.13. The molecule has 0 radical (unpaired) electrons. The zero-order valence-electron chi connectivity index (χ0n) is 13.3. The highest BCUT2D eigenvalue weighted by Crippen LogP contribution is 2.26.